The summed E-state index contributed by atoms with van der Waals surface area (Å²) in [6.07, 6.45) is 0. The van der Waals surface area contributed by atoms with Gasteiger partial charge in [-0.2, -0.15) is 0 Å². The quantitative estimate of drug-likeness (QED) is 0.302. The maximum Gasteiger partial charge on any atom is 0.323 e. The lowest BCUT2D eigenvalue weighted by molar-refractivity contribution is 0.0786. The number of morpholine rings is 1. The van der Waals surface area contributed by atoms with Crippen LogP contribution in [0.15, 0.2) is 60.7 Å². The Labute approximate surface area is 243 Å². The molecule has 3 amide bonds. The molecule has 5 rings (SSSR count). The fourth-order valence-electron chi connectivity index (χ4n) is 4.63. The first kappa shape index (κ1) is 28.9. The zero-order valence-corrected chi connectivity index (χ0v) is 23.9. The first-order chi connectivity index (χ1) is 20.0. The van der Waals surface area contributed by atoms with Crippen molar-refractivity contribution < 1.29 is 23.8 Å². The Hall–Kier alpha value is -4.61. The molecule has 0 radical (unpaired) electrons. The van der Waals surface area contributed by atoms with Gasteiger partial charge in [0, 0.05) is 49.4 Å². The van der Waals surface area contributed by atoms with Crippen LogP contribution < -0.4 is 15.5 Å². The predicted molar refractivity (Wildman–Crippen MR) is 160 cm³/mol. The van der Waals surface area contributed by atoms with E-state index in [0.29, 0.717) is 65.8 Å². The van der Waals surface area contributed by atoms with E-state index in [2.05, 4.69) is 15.5 Å². The highest BCUT2D eigenvalue weighted by Crippen LogP contribution is 2.32. The maximum atomic E-state index is 15.2. The lowest BCUT2D eigenvalue weighted by atomic mass is 9.97. The van der Waals surface area contributed by atoms with Gasteiger partial charge in [0.2, 0.25) is 0 Å². The molecule has 11 heteroatoms. The van der Waals surface area contributed by atoms with Gasteiger partial charge in [0.05, 0.1) is 30.0 Å². The van der Waals surface area contributed by atoms with Crippen molar-refractivity contribution in [3.8, 4) is 11.4 Å². The molecule has 0 saturated carbocycles. The van der Waals surface area contributed by atoms with Crippen LogP contribution in [0, 0.1) is 5.82 Å². The fourth-order valence-corrected chi connectivity index (χ4v) is 4.63. The van der Waals surface area contributed by atoms with Crippen molar-refractivity contribution in [2.24, 2.45) is 0 Å². The van der Waals surface area contributed by atoms with Crippen LogP contribution in [0.5, 0.6) is 0 Å². The number of amides is 3. The molecule has 0 bridgehead atoms. The van der Waals surface area contributed by atoms with Gasteiger partial charge >= 0.3 is 6.03 Å². The molecule has 1 aliphatic heterocycles. The van der Waals surface area contributed by atoms with E-state index in [0.717, 1.165) is 5.39 Å². The molecule has 2 heterocycles. The summed E-state index contributed by atoms with van der Waals surface area (Å²) in [6.45, 7) is 5.85. The lowest BCUT2D eigenvalue weighted by Crippen LogP contribution is -2.37. The van der Waals surface area contributed by atoms with Crippen LogP contribution in [0.4, 0.5) is 26.4 Å². The molecule has 4 aromatic rings. The average molecular weight is 573 g/mol. The van der Waals surface area contributed by atoms with Crippen molar-refractivity contribution in [3.63, 3.8) is 0 Å². The van der Waals surface area contributed by atoms with Crippen LogP contribution in [0.25, 0.3) is 22.3 Å². The Kier molecular flexibility index (Phi) is 8.06. The van der Waals surface area contributed by atoms with Crippen LogP contribution in [0.2, 0.25) is 0 Å². The number of fused-ring (bicyclic) bond motifs is 1. The Bertz CT molecular complexity index is 1630. The summed E-state index contributed by atoms with van der Waals surface area (Å²) in [7, 11) is 3.31. The van der Waals surface area contributed by atoms with E-state index >= 15 is 4.39 Å². The standard InChI is InChI=1S/C31H33FN6O4/c1-31(2,41)21-8-11-23-26(18-21)34-27(36-28(23)38-13-15-42-16-14-38)20-7-12-25(24(32)17-20)35-30(40)33-22-9-5-19(6-10-22)29(39)37(3)4/h5-12,17-18,41H,13-16H2,1-4H3,(H2,33,35,40). The first-order valence-corrected chi connectivity index (χ1v) is 13.6. The average Bonchev–Trinajstić information content (AvgIpc) is 2.97. The van der Waals surface area contributed by atoms with Gasteiger partial charge in [0.25, 0.3) is 5.91 Å². The Morgan fingerprint density at radius 1 is 0.976 bits per heavy atom. The van der Waals surface area contributed by atoms with Gasteiger partial charge in [0.15, 0.2) is 5.82 Å². The van der Waals surface area contributed by atoms with E-state index in [-0.39, 0.29) is 11.6 Å². The number of rotatable bonds is 6. The molecule has 0 spiro atoms. The molecular weight excluding hydrogens is 539 g/mol. The summed E-state index contributed by atoms with van der Waals surface area (Å²) < 4.78 is 20.8. The molecule has 1 saturated heterocycles. The number of nitrogens with zero attached hydrogens (tertiary/aromatic N) is 4. The number of urea groups is 1. The third kappa shape index (κ3) is 6.32. The minimum Gasteiger partial charge on any atom is -0.386 e. The fraction of sp³-hybridized carbons (Fsp3) is 0.290. The smallest absolute Gasteiger partial charge is 0.323 e. The molecule has 0 atom stereocenters. The zero-order chi connectivity index (χ0) is 30.0. The number of nitrogens with one attached hydrogen (secondary N) is 2. The topological polar surface area (TPSA) is 120 Å². The predicted octanol–water partition coefficient (Wildman–Crippen LogP) is 4.85. The van der Waals surface area contributed by atoms with Gasteiger partial charge < -0.3 is 30.3 Å². The van der Waals surface area contributed by atoms with E-state index in [4.69, 9.17) is 14.7 Å². The van der Waals surface area contributed by atoms with E-state index in [9.17, 15) is 14.7 Å². The summed E-state index contributed by atoms with van der Waals surface area (Å²) in [5.41, 5.74) is 1.61. The molecule has 3 N–H and O–H groups in total. The lowest BCUT2D eigenvalue weighted by Gasteiger charge is -2.29. The van der Waals surface area contributed by atoms with Gasteiger partial charge in [-0.1, -0.05) is 6.07 Å². The van der Waals surface area contributed by atoms with Gasteiger partial charge in [0.1, 0.15) is 11.6 Å². The molecule has 42 heavy (non-hydrogen) atoms. The number of aromatic nitrogens is 2. The second-order valence-electron chi connectivity index (χ2n) is 10.8. The summed E-state index contributed by atoms with van der Waals surface area (Å²) >= 11 is 0. The Balaban J connectivity index is 1.40. The Morgan fingerprint density at radius 3 is 2.33 bits per heavy atom. The number of carbonyl (C=O) groups is 2. The van der Waals surface area contributed by atoms with Crippen LogP contribution in [-0.2, 0) is 10.3 Å². The van der Waals surface area contributed by atoms with Gasteiger partial charge in [-0.15, -0.1) is 0 Å². The maximum absolute atomic E-state index is 15.2. The van der Waals surface area contributed by atoms with Crippen LogP contribution in [0.1, 0.15) is 29.8 Å². The third-order valence-corrected chi connectivity index (χ3v) is 6.97. The number of hydrogen-bond donors (Lipinski definition) is 3. The highest BCUT2D eigenvalue weighted by atomic mass is 19.1. The van der Waals surface area contributed by atoms with Crippen molar-refractivity contribution in [2.45, 2.75) is 19.4 Å². The monoisotopic (exact) mass is 572 g/mol. The van der Waals surface area contributed by atoms with Gasteiger partial charge in [-0.05, 0) is 74.0 Å². The SMILES string of the molecule is CN(C)C(=O)c1ccc(NC(=O)Nc2ccc(-c3nc(N4CCOCC4)c4ccc(C(C)(C)O)cc4n3)cc2F)cc1. The minimum absolute atomic E-state index is 0.0193. The first-order valence-electron chi connectivity index (χ1n) is 13.6. The van der Waals surface area contributed by atoms with Crippen molar-refractivity contribution in [1.82, 2.24) is 14.9 Å². The van der Waals surface area contributed by atoms with E-state index < -0.39 is 17.4 Å². The van der Waals surface area contributed by atoms with Crippen molar-refractivity contribution >= 4 is 40.0 Å². The molecule has 1 aliphatic rings. The molecule has 0 aliphatic carbocycles. The molecule has 218 valence electrons. The van der Waals surface area contributed by atoms with Gasteiger partial charge in [-0.3, -0.25) is 4.79 Å². The van der Waals surface area contributed by atoms with Crippen molar-refractivity contribution in [3.05, 3.63) is 77.6 Å². The molecule has 10 nitrogen and oxygen atoms in total. The third-order valence-electron chi connectivity index (χ3n) is 6.97. The number of halogens is 1. The van der Waals surface area contributed by atoms with E-state index in [1.54, 1.807) is 58.3 Å². The normalized spacial score (nSPS) is 13.6. The number of carbonyl (C=O) groups excluding carboxylic acids is 2. The zero-order valence-electron chi connectivity index (χ0n) is 23.9. The molecule has 0 unspecified atom stereocenters. The van der Waals surface area contributed by atoms with Gasteiger partial charge in [-0.25, -0.2) is 19.2 Å². The second-order valence-corrected chi connectivity index (χ2v) is 10.8. The highest BCUT2D eigenvalue weighted by molar-refractivity contribution is 6.00. The number of hydrogen-bond acceptors (Lipinski definition) is 7. The second kappa shape index (κ2) is 11.7. The summed E-state index contributed by atoms with van der Waals surface area (Å²) in [4.78, 5) is 37.7. The van der Waals surface area contributed by atoms with Crippen molar-refractivity contribution in [2.75, 3.05) is 55.9 Å². The van der Waals surface area contributed by atoms with Crippen molar-refractivity contribution in [1.29, 1.82) is 0 Å². The van der Waals surface area contributed by atoms with Crippen LogP contribution in [0.3, 0.4) is 0 Å². The molecule has 1 fully saturated rings. The van der Waals surface area contributed by atoms with Crippen LogP contribution in [-0.4, -0.2) is 72.3 Å². The number of anilines is 3. The molecule has 3 aromatic carbocycles. The van der Waals surface area contributed by atoms with Crippen LogP contribution >= 0.6 is 0 Å². The number of aliphatic hydroxyl groups is 1. The number of benzene rings is 3. The molecular formula is C31H33FN6O4. The summed E-state index contributed by atoms with van der Waals surface area (Å²) in [6, 6.07) is 15.7. The Morgan fingerprint density at radius 2 is 1.69 bits per heavy atom. The largest absolute Gasteiger partial charge is 0.386 e. The summed E-state index contributed by atoms with van der Waals surface area (Å²) in [5.74, 6) is 0.217. The minimum atomic E-state index is -1.07. The molecule has 1 aromatic heterocycles. The van der Waals surface area contributed by atoms with E-state index in [1.165, 1.54) is 17.0 Å². The number of ether oxygens (including phenoxy) is 1. The van der Waals surface area contributed by atoms with E-state index in [1.807, 2.05) is 18.2 Å². The highest BCUT2D eigenvalue weighted by Gasteiger charge is 2.22. The summed E-state index contributed by atoms with van der Waals surface area (Å²) in [5, 5.41) is 16.5.